The zero-order chi connectivity index (χ0) is 19.9. The standard InChI is InChI=1S/2C14H14/c1-11-5-3-7-13(9-11)14-8-4-6-12(2)10-14;1-11-6-8-13(9-7-11)14-5-3-4-12(2)10-14/h2*3-10H,1-2H3. The molecule has 28 heavy (non-hydrogen) atoms. The zero-order valence-corrected chi connectivity index (χ0v) is 17.2. The molecule has 0 heterocycles. The number of rotatable bonds is 2. The summed E-state index contributed by atoms with van der Waals surface area (Å²) in [6, 6.07) is 34.4. The van der Waals surface area contributed by atoms with Gasteiger partial charge in [0, 0.05) is 0 Å². The van der Waals surface area contributed by atoms with Crippen LogP contribution in [0.4, 0.5) is 0 Å². The lowest BCUT2D eigenvalue weighted by Crippen LogP contribution is -1.80. The Kier molecular flexibility index (Phi) is 6.45. The van der Waals surface area contributed by atoms with Gasteiger partial charge in [-0.15, -0.1) is 0 Å². The Balaban J connectivity index is 0.000000161. The van der Waals surface area contributed by atoms with Crippen molar-refractivity contribution >= 4 is 0 Å². The van der Waals surface area contributed by atoms with Gasteiger partial charge in [0.25, 0.3) is 0 Å². The van der Waals surface area contributed by atoms with Crippen LogP contribution in [0.1, 0.15) is 22.3 Å². The summed E-state index contributed by atoms with van der Waals surface area (Å²) in [6.45, 7) is 8.48. The second kappa shape index (κ2) is 9.19. The van der Waals surface area contributed by atoms with Crippen LogP contribution in [-0.2, 0) is 0 Å². The number of benzene rings is 4. The van der Waals surface area contributed by atoms with Gasteiger partial charge < -0.3 is 0 Å². The molecule has 0 nitrogen and oxygen atoms in total. The molecule has 0 N–H and O–H groups in total. The van der Waals surface area contributed by atoms with Crippen molar-refractivity contribution in [3.8, 4) is 22.3 Å². The summed E-state index contributed by atoms with van der Waals surface area (Å²) in [5.74, 6) is 0. The van der Waals surface area contributed by atoms with Crippen molar-refractivity contribution in [2.75, 3.05) is 0 Å². The van der Waals surface area contributed by atoms with Gasteiger partial charge in [0.05, 0.1) is 0 Å². The van der Waals surface area contributed by atoms with Crippen molar-refractivity contribution in [1.29, 1.82) is 0 Å². The fourth-order valence-corrected chi connectivity index (χ4v) is 3.22. The summed E-state index contributed by atoms with van der Waals surface area (Å²) in [6.07, 6.45) is 0. The summed E-state index contributed by atoms with van der Waals surface area (Å²) in [5.41, 5.74) is 10.4. The number of hydrogen-bond acceptors (Lipinski definition) is 0. The minimum atomic E-state index is 1.29. The van der Waals surface area contributed by atoms with Gasteiger partial charge in [0.2, 0.25) is 0 Å². The highest BCUT2D eigenvalue weighted by molar-refractivity contribution is 5.65. The van der Waals surface area contributed by atoms with Crippen LogP contribution in [0.5, 0.6) is 0 Å². The third kappa shape index (κ3) is 5.44. The van der Waals surface area contributed by atoms with Crippen LogP contribution in [0.3, 0.4) is 0 Å². The summed E-state index contributed by atoms with van der Waals surface area (Å²) in [5, 5.41) is 0. The lowest BCUT2D eigenvalue weighted by atomic mass is 10.0. The Labute approximate surface area is 169 Å². The molecule has 140 valence electrons. The molecule has 0 aliphatic rings. The third-order valence-corrected chi connectivity index (χ3v) is 4.77. The lowest BCUT2D eigenvalue weighted by molar-refractivity contribution is 1.44. The van der Waals surface area contributed by atoms with E-state index in [0.29, 0.717) is 0 Å². The van der Waals surface area contributed by atoms with E-state index in [-0.39, 0.29) is 0 Å². The quantitative estimate of drug-likeness (QED) is 0.338. The molecule has 0 unspecified atom stereocenters. The van der Waals surface area contributed by atoms with E-state index in [1.807, 2.05) is 0 Å². The molecule has 0 aromatic heterocycles. The van der Waals surface area contributed by atoms with Crippen molar-refractivity contribution in [3.63, 3.8) is 0 Å². The molecule has 0 fully saturated rings. The van der Waals surface area contributed by atoms with Gasteiger partial charge in [-0.1, -0.05) is 119 Å². The van der Waals surface area contributed by atoms with E-state index in [1.165, 1.54) is 44.5 Å². The summed E-state index contributed by atoms with van der Waals surface area (Å²) in [7, 11) is 0. The van der Waals surface area contributed by atoms with Crippen molar-refractivity contribution in [3.05, 3.63) is 119 Å². The van der Waals surface area contributed by atoms with E-state index in [1.54, 1.807) is 0 Å². The smallest absolute Gasteiger partial charge is 0.0181 e. The first-order valence-corrected chi connectivity index (χ1v) is 9.79. The van der Waals surface area contributed by atoms with Crippen LogP contribution in [0, 0.1) is 27.7 Å². The van der Waals surface area contributed by atoms with Gasteiger partial charge in [-0.2, -0.15) is 0 Å². The zero-order valence-electron chi connectivity index (χ0n) is 17.2. The monoisotopic (exact) mass is 364 g/mol. The van der Waals surface area contributed by atoms with Gasteiger partial charge in [-0.05, 0) is 49.9 Å². The highest BCUT2D eigenvalue weighted by Gasteiger charge is 1.97. The van der Waals surface area contributed by atoms with Crippen LogP contribution < -0.4 is 0 Å². The molecule has 0 atom stereocenters. The van der Waals surface area contributed by atoms with Crippen LogP contribution in [-0.4, -0.2) is 0 Å². The number of aryl methyl sites for hydroxylation is 4. The fraction of sp³-hybridized carbons (Fsp3) is 0.143. The first-order valence-electron chi connectivity index (χ1n) is 9.79. The van der Waals surface area contributed by atoms with Crippen LogP contribution >= 0.6 is 0 Å². The minimum absolute atomic E-state index is 1.29. The molecule has 4 rings (SSSR count). The van der Waals surface area contributed by atoms with E-state index < -0.39 is 0 Å². The van der Waals surface area contributed by atoms with Crippen LogP contribution in [0.15, 0.2) is 97.1 Å². The van der Waals surface area contributed by atoms with E-state index in [9.17, 15) is 0 Å². The predicted octanol–water partition coefficient (Wildman–Crippen LogP) is 7.94. The largest absolute Gasteiger partial charge is 0.0614 e. The maximum Gasteiger partial charge on any atom is -0.0181 e. The molecule has 0 saturated heterocycles. The highest BCUT2D eigenvalue weighted by atomic mass is 14.0. The Hall–Kier alpha value is -3.12. The molecule has 0 saturated carbocycles. The normalized spacial score (nSPS) is 10.1. The molecule has 0 bridgehead atoms. The van der Waals surface area contributed by atoms with E-state index >= 15 is 0 Å². The first-order chi connectivity index (χ1) is 13.5. The van der Waals surface area contributed by atoms with Crippen molar-refractivity contribution in [1.82, 2.24) is 0 Å². The maximum atomic E-state index is 2.22. The second-order valence-corrected chi connectivity index (χ2v) is 7.47. The SMILES string of the molecule is Cc1ccc(-c2cccc(C)c2)cc1.Cc1cccc(-c2cccc(C)c2)c1. The van der Waals surface area contributed by atoms with Gasteiger partial charge >= 0.3 is 0 Å². The van der Waals surface area contributed by atoms with Gasteiger partial charge in [0.1, 0.15) is 0 Å². The Morgan fingerprint density at radius 3 is 1.04 bits per heavy atom. The van der Waals surface area contributed by atoms with Gasteiger partial charge in [-0.3, -0.25) is 0 Å². The molecule has 0 aliphatic carbocycles. The Morgan fingerprint density at radius 2 is 0.679 bits per heavy atom. The average Bonchev–Trinajstić information content (AvgIpc) is 2.69. The van der Waals surface area contributed by atoms with E-state index in [0.717, 1.165) is 0 Å². The molecule has 0 spiro atoms. The Bertz CT molecular complexity index is 996. The first kappa shape index (κ1) is 19.6. The summed E-state index contributed by atoms with van der Waals surface area (Å²) in [4.78, 5) is 0. The summed E-state index contributed by atoms with van der Waals surface area (Å²) < 4.78 is 0. The molecule has 4 aromatic rings. The maximum absolute atomic E-state index is 2.22. The molecule has 0 heteroatoms. The molecule has 0 radical (unpaired) electrons. The van der Waals surface area contributed by atoms with Crippen LogP contribution in [0.25, 0.3) is 22.3 Å². The Morgan fingerprint density at radius 1 is 0.321 bits per heavy atom. The fourth-order valence-electron chi connectivity index (χ4n) is 3.22. The van der Waals surface area contributed by atoms with E-state index in [4.69, 9.17) is 0 Å². The van der Waals surface area contributed by atoms with Crippen molar-refractivity contribution in [2.24, 2.45) is 0 Å². The topological polar surface area (TPSA) is 0 Å². The lowest BCUT2D eigenvalue weighted by Gasteiger charge is -2.03. The van der Waals surface area contributed by atoms with Crippen LogP contribution in [0.2, 0.25) is 0 Å². The average molecular weight is 365 g/mol. The summed E-state index contributed by atoms with van der Waals surface area (Å²) >= 11 is 0. The van der Waals surface area contributed by atoms with Crippen molar-refractivity contribution in [2.45, 2.75) is 27.7 Å². The highest BCUT2D eigenvalue weighted by Crippen LogP contribution is 2.21. The van der Waals surface area contributed by atoms with Gasteiger partial charge in [0.15, 0.2) is 0 Å². The molecule has 0 amide bonds. The van der Waals surface area contributed by atoms with E-state index in [2.05, 4.69) is 125 Å². The van der Waals surface area contributed by atoms with Crippen molar-refractivity contribution < 1.29 is 0 Å². The van der Waals surface area contributed by atoms with Gasteiger partial charge in [-0.25, -0.2) is 0 Å². The predicted molar refractivity (Wildman–Crippen MR) is 123 cm³/mol. The molecular formula is C28H28. The molecule has 0 aliphatic heterocycles. The number of hydrogen-bond donors (Lipinski definition) is 0. The molecule has 4 aromatic carbocycles. The molecular weight excluding hydrogens is 336 g/mol. The second-order valence-electron chi connectivity index (χ2n) is 7.47. The minimum Gasteiger partial charge on any atom is -0.0614 e. The third-order valence-electron chi connectivity index (χ3n) is 4.77.